The van der Waals surface area contributed by atoms with Crippen molar-refractivity contribution in [3.63, 3.8) is 0 Å². The lowest BCUT2D eigenvalue weighted by Gasteiger charge is -2.20. The first kappa shape index (κ1) is 21.1. The third kappa shape index (κ3) is 5.69. The molecule has 0 aliphatic carbocycles. The van der Waals surface area contributed by atoms with Gasteiger partial charge >= 0.3 is 0 Å². The van der Waals surface area contributed by atoms with E-state index in [0.717, 1.165) is 0 Å². The van der Waals surface area contributed by atoms with Crippen molar-refractivity contribution >= 4 is 34.6 Å². The Hall–Kier alpha value is -2.61. The molecule has 8 heteroatoms. The highest BCUT2D eigenvalue weighted by atomic mass is 35.5. The number of aromatic nitrogens is 2. The minimum absolute atomic E-state index is 0.202. The Morgan fingerprint density at radius 2 is 1.76 bits per heavy atom. The number of amides is 1. The van der Waals surface area contributed by atoms with Gasteiger partial charge in [0.15, 0.2) is 10.0 Å². The fraction of sp³-hybridized carbons (Fsp3) is 0.190. The second-order valence-electron chi connectivity index (χ2n) is 7.41. The predicted molar refractivity (Wildman–Crippen MR) is 116 cm³/mol. The van der Waals surface area contributed by atoms with Gasteiger partial charge in [0, 0.05) is 35.3 Å². The summed E-state index contributed by atoms with van der Waals surface area (Å²) in [6, 6.07) is 12.5. The standard InChI is InChI=1S/C21H21ClN4O2S/c1-21(2,3)25-20(27)16-9-14(11-23-12-16)15-10-18(19(22)24-13-15)26-29(28)17-7-5-4-6-8-17/h4-13,26H,1-3H3,(H,25,27). The molecular weight excluding hydrogens is 408 g/mol. The summed E-state index contributed by atoms with van der Waals surface area (Å²) in [5, 5.41) is 3.11. The van der Waals surface area contributed by atoms with Crippen LogP contribution in [0.5, 0.6) is 0 Å². The van der Waals surface area contributed by atoms with Crippen LogP contribution in [-0.4, -0.2) is 26.0 Å². The van der Waals surface area contributed by atoms with Gasteiger partial charge in [-0.2, -0.15) is 0 Å². The van der Waals surface area contributed by atoms with Crippen molar-refractivity contribution < 1.29 is 9.35 Å². The molecular formula is C21H21ClN4O2S. The van der Waals surface area contributed by atoms with Gasteiger partial charge < -0.3 is 9.87 Å². The van der Waals surface area contributed by atoms with E-state index in [9.17, 15) is 9.35 Å². The van der Waals surface area contributed by atoms with Crippen LogP contribution >= 0.6 is 11.6 Å². The van der Waals surface area contributed by atoms with Crippen LogP contribution in [0, 0.1) is 0 Å². The molecule has 0 aliphatic heterocycles. The van der Waals surface area contributed by atoms with Gasteiger partial charge in [0.2, 0.25) is 0 Å². The molecule has 2 heterocycles. The number of carbonyl (C=O) groups excluding carboxylic acids is 1. The number of nitrogens with zero attached hydrogens (tertiary/aromatic N) is 2. The number of hydrogen-bond acceptors (Lipinski definition) is 5. The average molecular weight is 429 g/mol. The molecule has 0 saturated heterocycles. The van der Waals surface area contributed by atoms with Gasteiger partial charge in [0.25, 0.3) is 5.91 Å². The number of hydrogen-bond donors (Lipinski definition) is 2. The first-order chi connectivity index (χ1) is 13.7. The number of rotatable bonds is 5. The largest absolute Gasteiger partial charge is 0.588 e. The number of benzene rings is 1. The van der Waals surface area contributed by atoms with E-state index in [1.54, 1.807) is 36.7 Å². The SMILES string of the molecule is CC(C)(C)NC(=O)c1cncc(-c2cnc(Cl)c(N[S+]([O-])c3ccccc3)c2)c1. The zero-order valence-electron chi connectivity index (χ0n) is 16.3. The second kappa shape index (κ2) is 8.82. The lowest BCUT2D eigenvalue weighted by atomic mass is 10.1. The van der Waals surface area contributed by atoms with Gasteiger partial charge in [0.05, 0.1) is 5.56 Å². The molecule has 0 saturated carbocycles. The summed E-state index contributed by atoms with van der Waals surface area (Å²) in [6.07, 6.45) is 4.73. The average Bonchev–Trinajstić information content (AvgIpc) is 2.69. The van der Waals surface area contributed by atoms with Crippen LogP contribution in [-0.2, 0) is 11.4 Å². The van der Waals surface area contributed by atoms with Crippen LogP contribution in [0.25, 0.3) is 11.1 Å². The molecule has 150 valence electrons. The van der Waals surface area contributed by atoms with Crippen LogP contribution in [0.15, 0.2) is 66.0 Å². The Balaban J connectivity index is 1.86. The summed E-state index contributed by atoms with van der Waals surface area (Å²) in [5.74, 6) is -0.211. The molecule has 3 aromatic rings. The quantitative estimate of drug-likeness (QED) is 0.462. The lowest BCUT2D eigenvalue weighted by Crippen LogP contribution is -2.40. The van der Waals surface area contributed by atoms with E-state index < -0.39 is 11.4 Å². The molecule has 0 aliphatic rings. The van der Waals surface area contributed by atoms with E-state index in [1.807, 2.05) is 39.0 Å². The highest BCUT2D eigenvalue weighted by Gasteiger charge is 2.18. The van der Waals surface area contributed by atoms with Crippen molar-refractivity contribution in [2.45, 2.75) is 31.2 Å². The molecule has 29 heavy (non-hydrogen) atoms. The third-order valence-electron chi connectivity index (χ3n) is 3.82. The summed E-state index contributed by atoms with van der Waals surface area (Å²) < 4.78 is 15.4. The minimum atomic E-state index is -1.49. The highest BCUT2D eigenvalue weighted by Crippen LogP contribution is 2.28. The number of nitrogens with one attached hydrogen (secondary N) is 2. The second-order valence-corrected chi connectivity index (χ2v) is 8.98. The van der Waals surface area contributed by atoms with Crippen molar-refractivity contribution in [2.24, 2.45) is 0 Å². The summed E-state index contributed by atoms with van der Waals surface area (Å²) in [5.41, 5.74) is 1.91. The molecule has 1 amide bonds. The third-order valence-corrected chi connectivity index (χ3v) is 5.23. The van der Waals surface area contributed by atoms with Gasteiger partial charge in [-0.15, -0.1) is 0 Å². The fourth-order valence-corrected chi connectivity index (χ4v) is 3.60. The number of carbonyl (C=O) groups is 1. The van der Waals surface area contributed by atoms with E-state index in [0.29, 0.717) is 27.3 Å². The van der Waals surface area contributed by atoms with Crippen LogP contribution in [0.2, 0.25) is 5.15 Å². The van der Waals surface area contributed by atoms with Crippen molar-refractivity contribution in [2.75, 3.05) is 4.72 Å². The molecule has 1 aromatic carbocycles. The normalized spacial score (nSPS) is 12.3. The van der Waals surface area contributed by atoms with E-state index in [4.69, 9.17) is 11.6 Å². The van der Waals surface area contributed by atoms with Gasteiger partial charge in [-0.1, -0.05) is 29.8 Å². The summed E-state index contributed by atoms with van der Waals surface area (Å²) in [6.45, 7) is 5.74. The molecule has 0 fully saturated rings. The Morgan fingerprint density at radius 3 is 2.45 bits per heavy atom. The molecule has 3 rings (SSSR count). The highest BCUT2D eigenvalue weighted by molar-refractivity contribution is 7.92. The van der Waals surface area contributed by atoms with Crippen LogP contribution < -0.4 is 10.0 Å². The molecule has 6 nitrogen and oxygen atoms in total. The first-order valence-corrected chi connectivity index (χ1v) is 10.4. The van der Waals surface area contributed by atoms with Gasteiger partial charge in [0.1, 0.15) is 17.0 Å². The van der Waals surface area contributed by atoms with Crippen molar-refractivity contribution in [1.82, 2.24) is 15.3 Å². The topological polar surface area (TPSA) is 90.0 Å². The van der Waals surface area contributed by atoms with Crippen molar-refractivity contribution in [3.05, 3.63) is 71.8 Å². The summed E-state index contributed by atoms with van der Waals surface area (Å²) in [7, 11) is 0. The van der Waals surface area contributed by atoms with E-state index in [1.165, 1.54) is 6.20 Å². The molecule has 2 aromatic heterocycles. The molecule has 2 N–H and O–H groups in total. The Labute approximate surface area is 178 Å². The molecule has 0 bridgehead atoms. The Kier molecular flexibility index (Phi) is 6.42. The zero-order chi connectivity index (χ0) is 21.0. The summed E-state index contributed by atoms with van der Waals surface area (Å²) in [4.78, 5) is 21.4. The van der Waals surface area contributed by atoms with Gasteiger partial charge in [-0.05, 0) is 45.0 Å². The van der Waals surface area contributed by atoms with Gasteiger partial charge in [-0.3, -0.25) is 9.78 Å². The van der Waals surface area contributed by atoms with Crippen LogP contribution in [0.1, 0.15) is 31.1 Å². The van der Waals surface area contributed by atoms with Crippen LogP contribution in [0.4, 0.5) is 5.69 Å². The van der Waals surface area contributed by atoms with Crippen molar-refractivity contribution in [3.8, 4) is 11.1 Å². The van der Waals surface area contributed by atoms with Gasteiger partial charge in [-0.25, -0.2) is 9.71 Å². The minimum Gasteiger partial charge on any atom is -0.588 e. The molecule has 1 unspecified atom stereocenters. The van der Waals surface area contributed by atoms with E-state index in [2.05, 4.69) is 20.0 Å². The number of halogens is 1. The smallest absolute Gasteiger partial charge is 0.253 e. The summed E-state index contributed by atoms with van der Waals surface area (Å²) >= 11 is 4.70. The lowest BCUT2D eigenvalue weighted by molar-refractivity contribution is 0.0919. The molecule has 0 radical (unpaired) electrons. The Bertz CT molecular complexity index is 1010. The zero-order valence-corrected chi connectivity index (χ0v) is 17.8. The Morgan fingerprint density at radius 1 is 1.07 bits per heavy atom. The van der Waals surface area contributed by atoms with E-state index >= 15 is 0 Å². The van der Waals surface area contributed by atoms with E-state index in [-0.39, 0.29) is 16.6 Å². The monoisotopic (exact) mass is 428 g/mol. The first-order valence-electron chi connectivity index (χ1n) is 8.90. The van der Waals surface area contributed by atoms with Crippen LogP contribution in [0.3, 0.4) is 0 Å². The number of pyridine rings is 2. The number of anilines is 1. The fourth-order valence-electron chi connectivity index (χ4n) is 2.52. The molecule has 0 spiro atoms. The predicted octanol–water partition coefficient (Wildman–Crippen LogP) is 4.46. The maximum Gasteiger partial charge on any atom is 0.253 e. The van der Waals surface area contributed by atoms with Crippen molar-refractivity contribution in [1.29, 1.82) is 0 Å². The molecule has 1 atom stereocenters. The maximum atomic E-state index is 12.5. The maximum absolute atomic E-state index is 12.5.